The highest BCUT2D eigenvalue weighted by atomic mass is 32.2. The van der Waals surface area contributed by atoms with Gasteiger partial charge in [0.05, 0.1) is 10.6 Å². The Morgan fingerprint density at radius 3 is 3.06 bits per heavy atom. The van der Waals surface area contributed by atoms with Crippen molar-refractivity contribution < 1.29 is 4.92 Å². The number of hydrogen-bond donors (Lipinski definition) is 2. The van der Waals surface area contributed by atoms with Crippen molar-refractivity contribution in [1.82, 2.24) is 15.6 Å². The molecule has 2 N–H and O–H groups in total. The van der Waals surface area contributed by atoms with E-state index in [9.17, 15) is 10.1 Å². The number of nitrogens with zero attached hydrogens (tertiary/aromatic N) is 2. The van der Waals surface area contributed by atoms with Gasteiger partial charge in [0.1, 0.15) is 0 Å². The molecule has 1 rings (SSSR count). The first-order chi connectivity index (χ1) is 8.72. The maximum Gasteiger partial charge on any atom is 0.274 e. The van der Waals surface area contributed by atoms with E-state index in [-0.39, 0.29) is 0 Å². The molecule has 0 saturated heterocycles. The monoisotopic (exact) mass is 268 g/mol. The van der Waals surface area contributed by atoms with Gasteiger partial charge in [-0.05, 0) is 12.1 Å². The molecule has 18 heavy (non-hydrogen) atoms. The molecular formula is C11H16N4O2S. The van der Waals surface area contributed by atoms with E-state index in [0.717, 1.165) is 23.4 Å². The SMILES string of the molecule is CNC(=C[N+](=O)[O-])NCCSCc1ccccn1. The van der Waals surface area contributed by atoms with Crippen molar-refractivity contribution in [3.05, 3.63) is 52.2 Å². The number of nitro groups is 1. The first-order valence-corrected chi connectivity index (χ1v) is 6.62. The van der Waals surface area contributed by atoms with Gasteiger partial charge in [0, 0.05) is 31.3 Å². The van der Waals surface area contributed by atoms with Gasteiger partial charge in [0.25, 0.3) is 6.20 Å². The lowest BCUT2D eigenvalue weighted by atomic mass is 10.4. The molecule has 0 aliphatic heterocycles. The molecule has 0 aliphatic carbocycles. The van der Waals surface area contributed by atoms with E-state index in [4.69, 9.17) is 0 Å². The van der Waals surface area contributed by atoms with Crippen LogP contribution in [0.4, 0.5) is 0 Å². The normalized spacial score (nSPS) is 11.1. The average molecular weight is 268 g/mol. The largest absolute Gasteiger partial charge is 0.370 e. The van der Waals surface area contributed by atoms with E-state index in [1.165, 1.54) is 0 Å². The topological polar surface area (TPSA) is 80.1 Å². The Morgan fingerprint density at radius 1 is 1.61 bits per heavy atom. The molecule has 0 atom stereocenters. The van der Waals surface area contributed by atoms with Crippen LogP contribution in [0.3, 0.4) is 0 Å². The van der Waals surface area contributed by atoms with Gasteiger partial charge < -0.3 is 10.6 Å². The zero-order valence-corrected chi connectivity index (χ0v) is 10.9. The van der Waals surface area contributed by atoms with Crippen LogP contribution in [0.25, 0.3) is 0 Å². The highest BCUT2D eigenvalue weighted by Gasteiger charge is 1.99. The van der Waals surface area contributed by atoms with Crippen molar-refractivity contribution in [2.75, 3.05) is 19.3 Å². The highest BCUT2D eigenvalue weighted by molar-refractivity contribution is 7.98. The predicted molar refractivity (Wildman–Crippen MR) is 72.5 cm³/mol. The predicted octanol–water partition coefficient (Wildman–Crippen LogP) is 1.20. The van der Waals surface area contributed by atoms with Gasteiger partial charge >= 0.3 is 0 Å². The number of aromatic nitrogens is 1. The third kappa shape index (κ3) is 6.09. The number of thioether (sulfide) groups is 1. The fraction of sp³-hybridized carbons (Fsp3) is 0.364. The van der Waals surface area contributed by atoms with Crippen molar-refractivity contribution in [3.8, 4) is 0 Å². The van der Waals surface area contributed by atoms with Gasteiger partial charge in [-0.15, -0.1) is 0 Å². The number of rotatable bonds is 8. The van der Waals surface area contributed by atoms with Crippen LogP contribution in [-0.4, -0.2) is 29.3 Å². The summed E-state index contributed by atoms with van der Waals surface area (Å²) in [5.41, 5.74) is 1.04. The summed E-state index contributed by atoms with van der Waals surface area (Å²) in [5, 5.41) is 16.0. The molecule has 0 aliphatic rings. The second-order valence-electron chi connectivity index (χ2n) is 3.38. The minimum absolute atomic E-state index is 0.415. The molecule has 0 spiro atoms. The smallest absolute Gasteiger partial charge is 0.274 e. The van der Waals surface area contributed by atoms with E-state index in [0.29, 0.717) is 12.4 Å². The van der Waals surface area contributed by atoms with Gasteiger partial charge in [-0.25, -0.2) is 0 Å². The third-order valence-corrected chi connectivity index (χ3v) is 3.03. The molecule has 1 aromatic rings. The van der Waals surface area contributed by atoms with Gasteiger partial charge in [-0.1, -0.05) is 6.07 Å². The van der Waals surface area contributed by atoms with Crippen LogP contribution in [0.1, 0.15) is 5.69 Å². The average Bonchev–Trinajstić information content (AvgIpc) is 2.37. The molecule has 0 amide bonds. The lowest BCUT2D eigenvalue weighted by molar-refractivity contribution is -0.404. The van der Waals surface area contributed by atoms with Gasteiger partial charge in [0.2, 0.25) is 0 Å². The van der Waals surface area contributed by atoms with Crippen LogP contribution in [0, 0.1) is 10.1 Å². The van der Waals surface area contributed by atoms with Crippen molar-refractivity contribution in [1.29, 1.82) is 0 Å². The summed E-state index contributed by atoms with van der Waals surface area (Å²) in [6, 6.07) is 5.82. The molecular weight excluding hydrogens is 252 g/mol. The fourth-order valence-electron chi connectivity index (χ4n) is 1.22. The maximum atomic E-state index is 10.3. The molecule has 1 aromatic heterocycles. The molecule has 0 radical (unpaired) electrons. The molecule has 0 saturated carbocycles. The van der Waals surface area contributed by atoms with Crippen molar-refractivity contribution in [3.63, 3.8) is 0 Å². The Bertz CT molecular complexity index is 397. The lowest BCUT2D eigenvalue weighted by Gasteiger charge is -2.07. The molecule has 0 aromatic carbocycles. The Morgan fingerprint density at radius 2 is 2.44 bits per heavy atom. The van der Waals surface area contributed by atoms with Crippen LogP contribution >= 0.6 is 11.8 Å². The lowest BCUT2D eigenvalue weighted by Crippen LogP contribution is -2.26. The summed E-state index contributed by atoms with van der Waals surface area (Å²) < 4.78 is 0. The molecule has 98 valence electrons. The number of pyridine rings is 1. The first-order valence-electron chi connectivity index (χ1n) is 5.47. The molecule has 0 fully saturated rings. The summed E-state index contributed by atoms with van der Waals surface area (Å²) in [7, 11) is 1.64. The Labute approximate surface area is 110 Å². The molecule has 6 nitrogen and oxygen atoms in total. The van der Waals surface area contributed by atoms with E-state index in [1.54, 1.807) is 25.0 Å². The maximum absolute atomic E-state index is 10.3. The summed E-state index contributed by atoms with van der Waals surface area (Å²) in [4.78, 5) is 14.0. The highest BCUT2D eigenvalue weighted by Crippen LogP contribution is 2.08. The Hall–Kier alpha value is -1.76. The molecule has 1 heterocycles. The van der Waals surface area contributed by atoms with Crippen molar-refractivity contribution in [2.45, 2.75) is 5.75 Å². The summed E-state index contributed by atoms with van der Waals surface area (Å²) in [5.74, 6) is 2.11. The standard InChI is InChI=1S/C11H16N4O2S/c1-12-11(8-15(16)17)14-6-7-18-9-10-4-2-3-5-13-10/h2-5,8,12,14H,6-7,9H2,1H3. The fourth-order valence-corrected chi connectivity index (χ4v) is 1.99. The van der Waals surface area contributed by atoms with E-state index in [2.05, 4.69) is 15.6 Å². The van der Waals surface area contributed by atoms with Crippen LogP contribution in [0.2, 0.25) is 0 Å². The van der Waals surface area contributed by atoms with E-state index < -0.39 is 4.92 Å². The first kappa shape index (κ1) is 14.3. The number of nitrogens with one attached hydrogen (secondary N) is 2. The van der Waals surface area contributed by atoms with Crippen LogP contribution in [-0.2, 0) is 5.75 Å². The van der Waals surface area contributed by atoms with Crippen LogP contribution in [0.15, 0.2) is 36.4 Å². The van der Waals surface area contributed by atoms with Gasteiger partial charge in [0.15, 0.2) is 5.82 Å². The van der Waals surface area contributed by atoms with Crippen LogP contribution < -0.4 is 10.6 Å². The quantitative estimate of drug-likeness (QED) is 0.419. The Balaban J connectivity index is 2.17. The summed E-state index contributed by atoms with van der Waals surface area (Å²) in [6.07, 6.45) is 2.69. The zero-order valence-electron chi connectivity index (χ0n) is 10.1. The third-order valence-electron chi connectivity index (χ3n) is 2.04. The molecule has 0 bridgehead atoms. The summed E-state index contributed by atoms with van der Waals surface area (Å²) in [6.45, 7) is 0.665. The van der Waals surface area contributed by atoms with Crippen molar-refractivity contribution >= 4 is 11.8 Å². The number of hydrogen-bond acceptors (Lipinski definition) is 6. The molecule has 0 unspecified atom stereocenters. The Kier molecular flexibility index (Phi) is 6.63. The second-order valence-corrected chi connectivity index (χ2v) is 4.48. The van der Waals surface area contributed by atoms with E-state index >= 15 is 0 Å². The van der Waals surface area contributed by atoms with Crippen LogP contribution in [0.5, 0.6) is 0 Å². The van der Waals surface area contributed by atoms with Crippen molar-refractivity contribution in [2.24, 2.45) is 0 Å². The van der Waals surface area contributed by atoms with E-state index in [1.807, 2.05) is 18.2 Å². The van der Waals surface area contributed by atoms with Gasteiger partial charge in [-0.2, -0.15) is 11.8 Å². The second kappa shape index (κ2) is 8.35. The van der Waals surface area contributed by atoms with Gasteiger partial charge in [-0.3, -0.25) is 15.1 Å². The minimum Gasteiger partial charge on any atom is -0.370 e. The minimum atomic E-state index is -0.486. The molecule has 7 heteroatoms. The summed E-state index contributed by atoms with van der Waals surface area (Å²) >= 11 is 1.73. The zero-order chi connectivity index (χ0) is 13.2.